The fourth-order valence-corrected chi connectivity index (χ4v) is 5.48. The Morgan fingerprint density at radius 2 is 1.28 bits per heavy atom. The molecule has 2 heteroatoms. The Hall–Kier alpha value is -3.65. The molecule has 156 valence electrons. The molecule has 0 aliphatic carbocycles. The Kier molecular flexibility index (Phi) is 4.46. The van der Waals surface area contributed by atoms with Gasteiger partial charge in [-0.2, -0.15) is 0 Å². The summed E-state index contributed by atoms with van der Waals surface area (Å²) >= 11 is 0. The summed E-state index contributed by atoms with van der Waals surface area (Å²) in [6, 6.07) is 35.2. The topological polar surface area (TPSA) is 15.6 Å². The molecular formula is C30H26N2. The molecule has 0 saturated heterocycles. The van der Waals surface area contributed by atoms with Crippen LogP contribution in [0.15, 0.2) is 102 Å². The van der Waals surface area contributed by atoms with Crippen molar-refractivity contribution in [2.24, 2.45) is 4.99 Å². The van der Waals surface area contributed by atoms with E-state index >= 15 is 0 Å². The van der Waals surface area contributed by atoms with E-state index in [2.05, 4.69) is 116 Å². The van der Waals surface area contributed by atoms with Crippen LogP contribution in [0.5, 0.6) is 0 Å². The first-order valence-electron chi connectivity index (χ1n) is 11.4. The van der Waals surface area contributed by atoms with E-state index in [1.807, 2.05) is 0 Å². The zero-order chi connectivity index (χ0) is 21.7. The van der Waals surface area contributed by atoms with Gasteiger partial charge in [0.05, 0.1) is 6.04 Å². The number of rotatable bonds is 2. The van der Waals surface area contributed by atoms with Gasteiger partial charge in [0.25, 0.3) is 0 Å². The zero-order valence-electron chi connectivity index (χ0n) is 18.5. The van der Waals surface area contributed by atoms with Crippen molar-refractivity contribution in [3.63, 3.8) is 0 Å². The van der Waals surface area contributed by atoms with Gasteiger partial charge in [-0.25, -0.2) is 0 Å². The van der Waals surface area contributed by atoms with E-state index in [0.717, 1.165) is 12.4 Å². The molecule has 0 saturated carbocycles. The largest absolute Gasteiger partial charge is 0.342 e. The highest BCUT2D eigenvalue weighted by Gasteiger charge is 2.41. The summed E-state index contributed by atoms with van der Waals surface area (Å²) in [6.07, 6.45) is 0. The van der Waals surface area contributed by atoms with Gasteiger partial charge in [-0.1, -0.05) is 97.1 Å². The van der Waals surface area contributed by atoms with Crippen LogP contribution in [0.2, 0.25) is 0 Å². The third-order valence-corrected chi connectivity index (χ3v) is 6.91. The average molecular weight is 415 g/mol. The van der Waals surface area contributed by atoms with Crippen molar-refractivity contribution in [3.05, 3.63) is 130 Å². The lowest BCUT2D eigenvalue weighted by Crippen LogP contribution is -2.31. The summed E-state index contributed by atoms with van der Waals surface area (Å²) in [5, 5.41) is 0. The van der Waals surface area contributed by atoms with Crippen molar-refractivity contribution in [3.8, 4) is 11.1 Å². The fraction of sp³-hybridized carbons (Fsp3) is 0.167. The number of aliphatic imine (C=N–C) groups is 1. The minimum Gasteiger partial charge on any atom is -0.342 e. The van der Waals surface area contributed by atoms with Crippen LogP contribution in [0.1, 0.15) is 45.5 Å². The molecule has 0 radical (unpaired) electrons. The lowest BCUT2D eigenvalue weighted by Gasteiger charge is -2.30. The molecule has 0 unspecified atom stereocenters. The molecule has 2 aliphatic rings. The molecule has 2 atom stereocenters. The van der Waals surface area contributed by atoms with Gasteiger partial charge in [-0.3, -0.25) is 4.99 Å². The van der Waals surface area contributed by atoms with E-state index in [0.29, 0.717) is 0 Å². The van der Waals surface area contributed by atoms with Crippen molar-refractivity contribution in [1.82, 2.24) is 4.90 Å². The zero-order valence-corrected chi connectivity index (χ0v) is 18.5. The predicted octanol–water partition coefficient (Wildman–Crippen LogP) is 7.03. The number of fused-ring (bicyclic) bond motifs is 5. The van der Waals surface area contributed by atoms with Gasteiger partial charge in [-0.15, -0.1) is 0 Å². The Morgan fingerprint density at radius 3 is 2.00 bits per heavy atom. The van der Waals surface area contributed by atoms with Crippen molar-refractivity contribution in [2.45, 2.75) is 32.5 Å². The van der Waals surface area contributed by atoms with Gasteiger partial charge in [-0.05, 0) is 52.8 Å². The first kappa shape index (κ1) is 19.1. The van der Waals surface area contributed by atoms with Crippen LogP contribution in [0.4, 0.5) is 0 Å². The molecule has 4 aromatic carbocycles. The molecule has 0 N–H and O–H groups in total. The molecule has 0 spiro atoms. The highest BCUT2D eigenvalue weighted by molar-refractivity contribution is 6.08. The van der Waals surface area contributed by atoms with Crippen LogP contribution in [-0.4, -0.2) is 10.7 Å². The maximum absolute atomic E-state index is 5.44. The molecule has 0 fully saturated rings. The standard InChI is InChI=1S/C30H26N2/c1-20-11-9-17-24-19-32-29(23-15-7-4-8-16-23)28(22-13-5-3-6-14-22)31-30(32)25-18-10-12-21(2)27(25)26(20)24/h3-18,28-29H,19H2,1-2H3/t28-,29-/m1/s1. The Morgan fingerprint density at radius 1 is 0.656 bits per heavy atom. The quantitative estimate of drug-likeness (QED) is 0.344. The van der Waals surface area contributed by atoms with Crippen LogP contribution in [0, 0.1) is 13.8 Å². The number of aryl methyl sites for hydroxylation is 2. The number of benzene rings is 4. The van der Waals surface area contributed by atoms with E-state index in [1.54, 1.807) is 0 Å². The highest BCUT2D eigenvalue weighted by atomic mass is 15.3. The fourth-order valence-electron chi connectivity index (χ4n) is 5.48. The van der Waals surface area contributed by atoms with E-state index in [9.17, 15) is 0 Å². The van der Waals surface area contributed by atoms with Gasteiger partial charge in [0, 0.05) is 12.1 Å². The molecule has 2 nitrogen and oxygen atoms in total. The Bertz CT molecular complexity index is 1320. The second-order valence-electron chi connectivity index (χ2n) is 8.90. The Balaban J connectivity index is 1.63. The molecule has 0 aromatic heterocycles. The van der Waals surface area contributed by atoms with E-state index in [-0.39, 0.29) is 12.1 Å². The first-order valence-corrected chi connectivity index (χ1v) is 11.4. The summed E-state index contributed by atoms with van der Waals surface area (Å²) in [4.78, 5) is 7.97. The van der Waals surface area contributed by atoms with E-state index < -0.39 is 0 Å². The third kappa shape index (κ3) is 2.90. The van der Waals surface area contributed by atoms with Crippen molar-refractivity contribution in [1.29, 1.82) is 0 Å². The maximum Gasteiger partial charge on any atom is 0.133 e. The lowest BCUT2D eigenvalue weighted by atomic mass is 9.89. The summed E-state index contributed by atoms with van der Waals surface area (Å²) < 4.78 is 0. The number of amidine groups is 1. The van der Waals surface area contributed by atoms with Crippen molar-refractivity contribution >= 4 is 5.84 Å². The van der Waals surface area contributed by atoms with Gasteiger partial charge in [0.2, 0.25) is 0 Å². The molecule has 6 rings (SSSR count). The SMILES string of the molecule is Cc1cccc2c1-c1c(C)cccc1C1=N[C@H](c3ccccc3)[C@@H](c3ccccc3)N1C2. The van der Waals surface area contributed by atoms with Crippen LogP contribution < -0.4 is 0 Å². The van der Waals surface area contributed by atoms with Gasteiger partial charge >= 0.3 is 0 Å². The molecule has 32 heavy (non-hydrogen) atoms. The van der Waals surface area contributed by atoms with Crippen molar-refractivity contribution in [2.75, 3.05) is 0 Å². The average Bonchev–Trinajstić information content (AvgIpc) is 3.13. The molecular weight excluding hydrogens is 388 g/mol. The van der Waals surface area contributed by atoms with Gasteiger partial charge < -0.3 is 4.90 Å². The first-order chi connectivity index (χ1) is 15.7. The maximum atomic E-state index is 5.44. The number of hydrogen-bond donors (Lipinski definition) is 0. The van der Waals surface area contributed by atoms with Gasteiger partial charge in [0.15, 0.2) is 0 Å². The van der Waals surface area contributed by atoms with E-state index in [1.165, 1.54) is 44.5 Å². The van der Waals surface area contributed by atoms with Crippen LogP contribution >= 0.6 is 0 Å². The minimum absolute atomic E-state index is 0.0633. The summed E-state index contributed by atoms with van der Waals surface area (Å²) in [5.41, 5.74) is 10.5. The van der Waals surface area contributed by atoms with Gasteiger partial charge in [0.1, 0.15) is 11.9 Å². The monoisotopic (exact) mass is 414 g/mol. The summed E-state index contributed by atoms with van der Waals surface area (Å²) in [5.74, 6) is 1.11. The summed E-state index contributed by atoms with van der Waals surface area (Å²) in [6.45, 7) is 5.31. The smallest absolute Gasteiger partial charge is 0.133 e. The Labute approximate surface area is 189 Å². The number of hydrogen-bond acceptors (Lipinski definition) is 2. The minimum atomic E-state index is 0.0633. The second-order valence-corrected chi connectivity index (χ2v) is 8.90. The molecule has 4 aromatic rings. The molecule has 0 bridgehead atoms. The van der Waals surface area contributed by atoms with Crippen LogP contribution in [0.3, 0.4) is 0 Å². The lowest BCUT2D eigenvalue weighted by molar-refractivity contribution is 0.305. The highest BCUT2D eigenvalue weighted by Crippen LogP contribution is 2.48. The predicted molar refractivity (Wildman–Crippen MR) is 132 cm³/mol. The third-order valence-electron chi connectivity index (χ3n) is 6.91. The van der Waals surface area contributed by atoms with E-state index in [4.69, 9.17) is 4.99 Å². The van der Waals surface area contributed by atoms with Crippen LogP contribution in [-0.2, 0) is 6.54 Å². The molecule has 2 heterocycles. The molecule has 0 amide bonds. The van der Waals surface area contributed by atoms with Crippen LogP contribution in [0.25, 0.3) is 11.1 Å². The normalized spacial score (nSPS) is 18.9. The van der Waals surface area contributed by atoms with Crippen molar-refractivity contribution < 1.29 is 0 Å². The second kappa shape index (κ2) is 7.49. The summed E-state index contributed by atoms with van der Waals surface area (Å²) in [7, 11) is 0. The number of nitrogens with zero attached hydrogens (tertiary/aromatic N) is 2. The molecule has 2 aliphatic heterocycles.